The van der Waals surface area contributed by atoms with E-state index in [0.717, 1.165) is 89.4 Å². The molecule has 4 aromatic heterocycles. The Balaban J connectivity index is 0.675. The molecule has 0 N–H and O–H groups in total. The van der Waals surface area contributed by atoms with E-state index in [1.54, 1.807) is 0 Å². The smallest absolute Gasteiger partial charge is 0.164 e. The summed E-state index contributed by atoms with van der Waals surface area (Å²) in [6.45, 7) is 0. The number of nitrogens with zero attached hydrogens (tertiary/aromatic N) is 10. The summed E-state index contributed by atoms with van der Waals surface area (Å²) < 4.78 is 4.27. The first-order valence-corrected chi connectivity index (χ1v) is 29.7. The molecular formula is C78H52N10. The van der Waals surface area contributed by atoms with Crippen LogP contribution in [0.5, 0.6) is 0 Å². The van der Waals surface area contributed by atoms with Gasteiger partial charge in [-0.2, -0.15) is 0 Å². The fourth-order valence-electron chi connectivity index (χ4n) is 13.3. The van der Waals surface area contributed by atoms with E-state index < -0.39 is 0 Å². The van der Waals surface area contributed by atoms with Gasteiger partial charge in [0.05, 0.1) is 22.1 Å². The van der Waals surface area contributed by atoms with E-state index in [4.69, 9.17) is 39.9 Å². The van der Waals surface area contributed by atoms with Gasteiger partial charge in [0.2, 0.25) is 0 Å². The molecule has 0 saturated heterocycles. The van der Waals surface area contributed by atoms with Crippen molar-refractivity contribution in [1.29, 1.82) is 0 Å². The second-order valence-electron chi connectivity index (χ2n) is 22.8. The summed E-state index contributed by atoms with van der Waals surface area (Å²) in [5.41, 5.74) is 24.2. The van der Waals surface area contributed by atoms with Gasteiger partial charge in [0.1, 0.15) is 11.6 Å². The van der Waals surface area contributed by atoms with Gasteiger partial charge in [-0.1, -0.05) is 218 Å². The van der Waals surface area contributed by atoms with E-state index >= 15 is 0 Å². The molecule has 0 spiro atoms. The minimum absolute atomic E-state index is 0.0951. The Morgan fingerprint density at radius 1 is 0.216 bits per heavy atom. The van der Waals surface area contributed by atoms with Crippen molar-refractivity contribution in [2.75, 3.05) is 0 Å². The van der Waals surface area contributed by atoms with Crippen LogP contribution in [-0.2, 0) is 14.1 Å². The van der Waals surface area contributed by atoms with Crippen molar-refractivity contribution in [2.45, 2.75) is 11.8 Å². The third-order valence-electron chi connectivity index (χ3n) is 17.7. The Labute approximate surface area is 508 Å². The molecule has 4 heterocycles. The molecule has 88 heavy (non-hydrogen) atoms. The van der Waals surface area contributed by atoms with Gasteiger partial charge in [0.25, 0.3) is 0 Å². The molecule has 10 heteroatoms. The molecule has 2 unspecified atom stereocenters. The van der Waals surface area contributed by atoms with Crippen molar-refractivity contribution in [3.8, 4) is 113 Å². The van der Waals surface area contributed by atoms with Crippen molar-refractivity contribution < 1.29 is 0 Å². The zero-order valence-electron chi connectivity index (χ0n) is 48.0. The second-order valence-corrected chi connectivity index (χ2v) is 22.8. The highest BCUT2D eigenvalue weighted by Crippen LogP contribution is 2.57. The van der Waals surface area contributed by atoms with Crippen LogP contribution in [-0.4, -0.2) is 49.0 Å². The van der Waals surface area contributed by atoms with Gasteiger partial charge in [-0.15, -0.1) is 0 Å². The van der Waals surface area contributed by atoms with E-state index in [-0.39, 0.29) is 11.8 Å². The van der Waals surface area contributed by atoms with Crippen LogP contribution in [0.3, 0.4) is 0 Å². The molecule has 3 aliphatic rings. The number of hydrogen-bond donors (Lipinski definition) is 0. The van der Waals surface area contributed by atoms with Crippen molar-refractivity contribution >= 4 is 22.1 Å². The van der Waals surface area contributed by atoms with Gasteiger partial charge in [-0.05, 0) is 104 Å². The van der Waals surface area contributed by atoms with E-state index in [9.17, 15) is 0 Å². The first-order chi connectivity index (χ1) is 43.4. The third kappa shape index (κ3) is 8.63. The maximum Gasteiger partial charge on any atom is 0.164 e. The van der Waals surface area contributed by atoms with Crippen LogP contribution in [0.25, 0.3) is 135 Å². The van der Waals surface area contributed by atoms with E-state index in [1.165, 1.54) is 44.5 Å². The lowest BCUT2D eigenvalue weighted by Crippen LogP contribution is -2.27. The molecule has 2 bridgehead atoms. The quantitative estimate of drug-likeness (QED) is 0.133. The molecule has 10 nitrogen and oxygen atoms in total. The van der Waals surface area contributed by atoms with Crippen LogP contribution in [0, 0.1) is 0 Å². The summed E-state index contributed by atoms with van der Waals surface area (Å²) >= 11 is 0. The van der Waals surface area contributed by atoms with Crippen LogP contribution in [0.2, 0.25) is 0 Å². The largest absolute Gasteiger partial charge is 0.327 e. The van der Waals surface area contributed by atoms with Gasteiger partial charge in [-0.3, -0.25) is 0 Å². The molecular weight excluding hydrogens is 1080 g/mol. The molecule has 0 fully saturated rings. The van der Waals surface area contributed by atoms with Gasteiger partial charge < -0.3 is 9.13 Å². The summed E-state index contributed by atoms with van der Waals surface area (Å²) in [6, 6.07) is 93.8. The summed E-state index contributed by atoms with van der Waals surface area (Å²) in [5.74, 6) is 5.60. The molecule has 18 rings (SSSR count). The van der Waals surface area contributed by atoms with Crippen LogP contribution in [0.15, 0.2) is 267 Å². The average molecular weight is 1130 g/mol. The monoisotopic (exact) mass is 1130 g/mol. The van der Waals surface area contributed by atoms with Crippen LogP contribution < -0.4 is 0 Å². The first-order valence-electron chi connectivity index (χ1n) is 29.7. The number of hydrogen-bond acceptors (Lipinski definition) is 8. The number of aromatic nitrogens is 10. The highest BCUT2D eigenvalue weighted by molar-refractivity contribution is 5.84. The normalized spacial score (nSPS) is 13.8. The van der Waals surface area contributed by atoms with E-state index in [2.05, 4.69) is 181 Å². The number of rotatable bonds is 10. The predicted molar refractivity (Wildman–Crippen MR) is 351 cm³/mol. The topological polar surface area (TPSA) is 113 Å². The summed E-state index contributed by atoms with van der Waals surface area (Å²) in [6.07, 6.45) is 0. The number of aryl methyl sites for hydroxylation is 2. The Morgan fingerprint density at radius 2 is 0.511 bits per heavy atom. The highest BCUT2D eigenvalue weighted by atomic mass is 15.1. The summed E-state index contributed by atoms with van der Waals surface area (Å²) in [5, 5.41) is 0. The molecule has 2 atom stereocenters. The SMILES string of the molecule is Cn1c(-c2cccc(-c3nc(-c4ccccc4)nc(-c4ccc(-c5ccc6c(c5)C5c7ccccc7C6c6cc(-c7ccc(-c8nc(-c9ccccc9)nc(-c9cccc(-c%10nc%11ccccc%11n%10C)c9)n8)cc7)ccc65)cc4)n3)c2)nc2ccccc21. The zero-order chi connectivity index (χ0) is 58.4. The van der Waals surface area contributed by atoms with Gasteiger partial charge in [0, 0.05) is 70.4 Å². The minimum Gasteiger partial charge on any atom is -0.327 e. The summed E-state index contributed by atoms with van der Waals surface area (Å²) in [4.78, 5) is 40.6. The molecule has 11 aromatic carbocycles. The Hall–Kier alpha value is -11.6. The van der Waals surface area contributed by atoms with E-state index in [0.29, 0.717) is 34.9 Å². The molecule has 0 radical (unpaired) electrons. The van der Waals surface area contributed by atoms with Crippen LogP contribution >= 0.6 is 0 Å². The lowest BCUT2D eigenvalue weighted by molar-refractivity contribution is 0.755. The Morgan fingerprint density at radius 3 is 0.909 bits per heavy atom. The van der Waals surface area contributed by atoms with Crippen molar-refractivity contribution in [3.05, 3.63) is 300 Å². The minimum atomic E-state index is 0.0951. The van der Waals surface area contributed by atoms with Crippen LogP contribution in [0.4, 0.5) is 0 Å². The maximum absolute atomic E-state index is 5.15. The lowest BCUT2D eigenvalue weighted by atomic mass is 9.60. The van der Waals surface area contributed by atoms with E-state index in [1.807, 2.05) is 109 Å². The molecule has 0 aliphatic heterocycles. The fourth-order valence-corrected chi connectivity index (χ4v) is 13.3. The zero-order valence-corrected chi connectivity index (χ0v) is 48.0. The fraction of sp³-hybridized carbons (Fsp3) is 0.0513. The maximum atomic E-state index is 5.15. The van der Waals surface area contributed by atoms with Crippen molar-refractivity contribution in [2.24, 2.45) is 14.1 Å². The highest BCUT2D eigenvalue weighted by Gasteiger charge is 2.41. The standard InChI is InChI=1S/C78H52N10/c1-87-67-29-13-11-27-65(67)79-77(87)57-23-15-21-55(43-57)75-83-71(49-17-5-3-6-18-49)81-73(85-75)51-35-31-47(32-36-51)53-39-41-61-63(45-53)69-59-25-9-10-26-60(59)70(61)64-46-54(40-42-62(64)69)48-33-37-52(38-34-48)74-82-72(50-19-7-4-8-20-50)84-76(86-74)56-22-16-24-58(44-56)78-80-66-28-12-14-30-68(66)88(78)2/h3-46,69-70H,1-2H3. The summed E-state index contributed by atoms with van der Waals surface area (Å²) in [7, 11) is 4.12. The van der Waals surface area contributed by atoms with Gasteiger partial charge >= 0.3 is 0 Å². The number of imidazole rings is 2. The molecule has 3 aliphatic carbocycles. The average Bonchev–Trinajstić information content (AvgIpc) is 0.850. The number of benzene rings is 11. The van der Waals surface area contributed by atoms with Gasteiger partial charge in [0.15, 0.2) is 34.9 Å². The molecule has 0 amide bonds. The van der Waals surface area contributed by atoms with Crippen LogP contribution in [0.1, 0.15) is 45.2 Å². The lowest BCUT2D eigenvalue weighted by Gasteiger charge is -2.42. The molecule has 414 valence electrons. The second kappa shape index (κ2) is 20.6. The predicted octanol–water partition coefficient (Wildman–Crippen LogP) is 17.5. The Bertz CT molecular complexity index is 4910. The molecule has 15 aromatic rings. The Kier molecular flexibility index (Phi) is 11.9. The molecule has 0 saturated carbocycles. The number of para-hydroxylation sites is 4. The first kappa shape index (κ1) is 50.9. The number of fused-ring (bicyclic) bond motifs is 2. The van der Waals surface area contributed by atoms with Crippen molar-refractivity contribution in [1.82, 2.24) is 49.0 Å². The third-order valence-corrected chi connectivity index (χ3v) is 17.7. The van der Waals surface area contributed by atoms with Crippen molar-refractivity contribution in [3.63, 3.8) is 0 Å². The van der Waals surface area contributed by atoms with Gasteiger partial charge in [-0.25, -0.2) is 39.9 Å².